The number of rotatable bonds is 14. The number of hydrogen-bond acceptors (Lipinski definition) is 5. The molecule has 1 aromatic carbocycles. The monoisotopic (exact) mass is 581 g/mol. The number of allylic oxidation sites excluding steroid dienone is 6. The van der Waals surface area contributed by atoms with Crippen molar-refractivity contribution in [2.24, 2.45) is 11.8 Å². The zero-order valence-corrected chi connectivity index (χ0v) is 25.3. The number of amides is 1. The lowest BCUT2D eigenvalue weighted by molar-refractivity contribution is -0.141. The van der Waals surface area contributed by atoms with Crippen molar-refractivity contribution in [1.82, 2.24) is 10.6 Å². The molecule has 4 N–H and O–H groups in total. The van der Waals surface area contributed by atoms with Crippen LogP contribution in [0.15, 0.2) is 88.7 Å². The molecule has 1 aromatic rings. The van der Waals surface area contributed by atoms with Gasteiger partial charge in [0, 0.05) is 6.54 Å². The van der Waals surface area contributed by atoms with E-state index in [1.165, 1.54) is 0 Å². The zero-order valence-electron chi connectivity index (χ0n) is 25.3. The molecule has 0 saturated heterocycles. The van der Waals surface area contributed by atoms with Crippen molar-refractivity contribution in [2.45, 2.75) is 66.9 Å². The summed E-state index contributed by atoms with van der Waals surface area (Å²) < 4.78 is 33.7. The van der Waals surface area contributed by atoms with E-state index in [1.807, 2.05) is 78.0 Å². The molecule has 1 aliphatic rings. The Bertz CT molecular complexity index is 1400. The summed E-state index contributed by atoms with van der Waals surface area (Å²) in [5, 5.41) is 22.9. The van der Waals surface area contributed by atoms with Crippen LogP contribution in [0.1, 0.15) is 65.2 Å². The fraction of sp³-hybridized carbons (Fsp3) is 0.394. The second kappa shape index (κ2) is 14.6. The maximum atomic E-state index is 13.8. The van der Waals surface area contributed by atoms with Crippen molar-refractivity contribution < 1.29 is 28.2 Å². The van der Waals surface area contributed by atoms with Crippen LogP contribution in [0.2, 0.25) is 0 Å². The van der Waals surface area contributed by atoms with Crippen molar-refractivity contribution in [2.75, 3.05) is 6.54 Å². The highest BCUT2D eigenvalue weighted by molar-refractivity contribution is 5.96. The molecule has 0 bridgehead atoms. The third kappa shape index (κ3) is 8.40. The number of aliphatic carboxylic acids is 1. The largest absolute Gasteiger partial charge is 0.481 e. The first kappa shape index (κ1) is 34.0. The summed E-state index contributed by atoms with van der Waals surface area (Å²) in [6.45, 7) is 16.8. The van der Waals surface area contributed by atoms with Crippen LogP contribution in [0.25, 0.3) is 0 Å². The fourth-order valence-electron chi connectivity index (χ4n) is 4.55. The number of nitrogens with one attached hydrogen (secondary N) is 3. The van der Waals surface area contributed by atoms with Crippen molar-refractivity contribution in [3.05, 3.63) is 99.8 Å². The summed E-state index contributed by atoms with van der Waals surface area (Å²) in [5.41, 5.74) is 8.71. The van der Waals surface area contributed by atoms with Crippen LogP contribution in [0.4, 0.5) is 8.78 Å². The van der Waals surface area contributed by atoms with E-state index >= 15 is 0 Å². The molecule has 42 heavy (non-hydrogen) atoms. The number of ether oxygens (including phenoxy) is 1. The molecule has 3 atom stereocenters. The normalized spacial score (nSPS) is 19.6. The van der Waals surface area contributed by atoms with Gasteiger partial charge in [-0.3, -0.25) is 9.59 Å². The molecule has 226 valence electrons. The maximum absolute atomic E-state index is 13.8. The highest BCUT2D eigenvalue weighted by Crippen LogP contribution is 2.55. The number of hydrogen-bond donors (Lipinski definition) is 4. The van der Waals surface area contributed by atoms with Gasteiger partial charge in [-0.1, -0.05) is 67.3 Å². The molecule has 0 aromatic heterocycles. The van der Waals surface area contributed by atoms with Gasteiger partial charge < -0.3 is 25.9 Å². The lowest BCUT2D eigenvalue weighted by atomic mass is 10.0. The molecule has 1 saturated carbocycles. The van der Waals surface area contributed by atoms with E-state index in [9.17, 15) is 18.4 Å². The molecular formula is C33H41F2N3O4. The SMILES string of the molecule is C=C=C(N\C(C(C)=N)=C(C)/C(C)=C/C=C(CNC(=O)C1C(C(=O)O)C1(F)F)\C(C)=C\CC)OC(C)c1ccccc1C. The van der Waals surface area contributed by atoms with Gasteiger partial charge in [-0.25, -0.2) is 8.78 Å². The molecule has 9 heteroatoms. The number of carboxylic acids is 1. The molecular weight excluding hydrogens is 540 g/mol. The molecule has 0 radical (unpaired) electrons. The Morgan fingerprint density at radius 1 is 1.17 bits per heavy atom. The summed E-state index contributed by atoms with van der Waals surface area (Å²) in [7, 11) is 0. The van der Waals surface area contributed by atoms with Crippen LogP contribution in [0.5, 0.6) is 0 Å². The van der Waals surface area contributed by atoms with Crippen LogP contribution in [-0.2, 0) is 14.3 Å². The average molecular weight is 582 g/mol. The molecule has 1 fully saturated rings. The van der Waals surface area contributed by atoms with Crippen LogP contribution >= 0.6 is 0 Å². The average Bonchev–Trinajstić information content (AvgIpc) is 3.52. The quantitative estimate of drug-likeness (QED) is 0.0826. The zero-order chi connectivity index (χ0) is 31.8. The summed E-state index contributed by atoms with van der Waals surface area (Å²) in [4.78, 5) is 23.4. The molecule has 0 heterocycles. The van der Waals surface area contributed by atoms with Crippen LogP contribution in [0, 0.1) is 24.2 Å². The first-order chi connectivity index (χ1) is 19.7. The highest BCUT2D eigenvalue weighted by atomic mass is 19.3. The minimum atomic E-state index is -3.55. The smallest absolute Gasteiger partial charge is 0.313 e. The highest BCUT2D eigenvalue weighted by Gasteiger charge is 2.75. The summed E-state index contributed by atoms with van der Waals surface area (Å²) >= 11 is 0. The number of alkyl halides is 2. The Labute approximate surface area is 246 Å². The Hall–Kier alpha value is -4.23. The number of benzene rings is 1. The third-order valence-corrected chi connectivity index (χ3v) is 7.27. The van der Waals surface area contributed by atoms with Gasteiger partial charge in [0.05, 0.1) is 11.4 Å². The van der Waals surface area contributed by atoms with Gasteiger partial charge in [0.1, 0.15) is 17.9 Å². The lowest BCUT2D eigenvalue weighted by Gasteiger charge is -2.21. The molecule has 2 rings (SSSR count). The van der Waals surface area contributed by atoms with Gasteiger partial charge in [0.2, 0.25) is 11.8 Å². The number of carboxylic acid groups (broad SMARTS) is 1. The van der Waals surface area contributed by atoms with Gasteiger partial charge in [0.25, 0.3) is 5.92 Å². The van der Waals surface area contributed by atoms with E-state index in [0.717, 1.165) is 34.3 Å². The molecule has 1 amide bonds. The molecule has 3 unspecified atom stereocenters. The molecule has 1 aliphatic carbocycles. The first-order valence-corrected chi connectivity index (χ1v) is 13.8. The predicted octanol–water partition coefficient (Wildman–Crippen LogP) is 6.91. The number of halogens is 2. The van der Waals surface area contributed by atoms with Crippen LogP contribution < -0.4 is 10.6 Å². The molecule has 7 nitrogen and oxygen atoms in total. The van der Waals surface area contributed by atoms with Crippen molar-refractivity contribution in [3.8, 4) is 0 Å². The lowest BCUT2D eigenvalue weighted by Crippen LogP contribution is -2.29. The van der Waals surface area contributed by atoms with E-state index < -0.39 is 29.6 Å². The van der Waals surface area contributed by atoms with Gasteiger partial charge in [-0.2, -0.15) is 0 Å². The predicted molar refractivity (Wildman–Crippen MR) is 161 cm³/mol. The van der Waals surface area contributed by atoms with E-state index in [4.69, 9.17) is 15.3 Å². The number of carbonyl (C=O) groups is 2. The molecule has 0 aliphatic heterocycles. The second-order valence-corrected chi connectivity index (χ2v) is 10.4. The third-order valence-electron chi connectivity index (χ3n) is 7.27. The van der Waals surface area contributed by atoms with Crippen LogP contribution in [0.3, 0.4) is 0 Å². The molecule has 0 spiro atoms. The van der Waals surface area contributed by atoms with E-state index in [0.29, 0.717) is 11.3 Å². The van der Waals surface area contributed by atoms with E-state index in [2.05, 4.69) is 22.9 Å². The summed E-state index contributed by atoms with van der Waals surface area (Å²) in [6, 6.07) is 7.89. The minimum Gasteiger partial charge on any atom is -0.481 e. The van der Waals surface area contributed by atoms with Crippen LogP contribution in [-0.4, -0.2) is 35.2 Å². The number of carbonyl (C=O) groups excluding carboxylic acids is 1. The van der Waals surface area contributed by atoms with Crippen molar-refractivity contribution in [1.29, 1.82) is 5.41 Å². The van der Waals surface area contributed by atoms with Gasteiger partial charge >= 0.3 is 5.97 Å². The Morgan fingerprint density at radius 2 is 1.81 bits per heavy atom. The maximum Gasteiger partial charge on any atom is 0.313 e. The first-order valence-electron chi connectivity index (χ1n) is 13.8. The van der Waals surface area contributed by atoms with E-state index in [1.54, 1.807) is 13.0 Å². The van der Waals surface area contributed by atoms with Gasteiger partial charge in [-0.05, 0) is 75.8 Å². The standard InChI is InChI=1S/C33H41F2N3O4/c1-9-13-20(4)25(18-37-31(39)28-29(32(40)41)33(28,34)35)17-16-19(3)22(6)30(23(7)36)38-27(10-2)42-24(8)26-15-12-11-14-21(26)5/h11-17,24,28-29,36,38H,2,9,18H2,1,3-8H3,(H,37,39)(H,40,41)/b19-16+,20-13+,25-17-,30-22-,36-23?. The minimum absolute atomic E-state index is 0.0463. The second-order valence-electron chi connectivity index (χ2n) is 10.4. The van der Waals surface area contributed by atoms with Gasteiger partial charge in [-0.15, -0.1) is 0 Å². The Kier molecular flexibility index (Phi) is 11.8. The summed E-state index contributed by atoms with van der Waals surface area (Å²) in [6.07, 6.45) is 5.96. The Balaban J connectivity index is 2.28. The topological polar surface area (TPSA) is 112 Å². The van der Waals surface area contributed by atoms with Crippen molar-refractivity contribution in [3.63, 3.8) is 0 Å². The van der Waals surface area contributed by atoms with E-state index in [-0.39, 0.29) is 24.2 Å². The summed E-state index contributed by atoms with van der Waals surface area (Å²) in [5.74, 6) is -9.83. The van der Waals surface area contributed by atoms with Gasteiger partial charge in [0.15, 0.2) is 0 Å². The number of aryl methyl sites for hydroxylation is 1. The fourth-order valence-corrected chi connectivity index (χ4v) is 4.55. The Morgan fingerprint density at radius 3 is 2.33 bits per heavy atom. The van der Waals surface area contributed by atoms with Crippen molar-refractivity contribution >= 4 is 17.6 Å².